The Morgan fingerprint density at radius 2 is 2.06 bits per heavy atom. The van der Waals surface area contributed by atoms with Crippen LogP contribution in [0.4, 0.5) is 5.69 Å². The standard InChI is InChI=1S/C27H32N4O/c1-20(2)23-16-22-10-6-11-28-26(22)25(17-23)31-13-7-12-30(14-15-31)18-24-19-32-27(29-24)21-8-4-3-5-9-21/h3-4,6,8,10-11,16-17,19-20H,5,7,9,12-15,18H2,1-2H3. The molecule has 0 amide bonds. The van der Waals surface area contributed by atoms with E-state index in [2.05, 4.69) is 60.1 Å². The SMILES string of the molecule is CC(C)c1cc(N2CCCN(Cc3coc(C4=CC=CCC4)n3)CC2)c2ncccc2c1. The van der Waals surface area contributed by atoms with Crippen LogP contribution in [0.5, 0.6) is 0 Å². The largest absolute Gasteiger partial charge is 0.444 e. The highest BCUT2D eigenvalue weighted by atomic mass is 16.3. The Morgan fingerprint density at radius 3 is 2.91 bits per heavy atom. The first-order valence-corrected chi connectivity index (χ1v) is 11.8. The van der Waals surface area contributed by atoms with Crippen molar-refractivity contribution < 1.29 is 4.42 Å². The Labute approximate surface area is 190 Å². The quantitative estimate of drug-likeness (QED) is 0.514. The molecule has 0 spiro atoms. The van der Waals surface area contributed by atoms with Crippen LogP contribution in [0.15, 0.2) is 59.4 Å². The summed E-state index contributed by atoms with van der Waals surface area (Å²) in [6, 6.07) is 8.86. The molecule has 0 bridgehead atoms. The molecular weight excluding hydrogens is 396 g/mol. The summed E-state index contributed by atoms with van der Waals surface area (Å²) in [4.78, 5) is 14.5. The average molecular weight is 429 g/mol. The van der Waals surface area contributed by atoms with Gasteiger partial charge in [-0.05, 0) is 48.9 Å². The molecule has 1 saturated heterocycles. The third-order valence-electron chi connectivity index (χ3n) is 6.53. The maximum Gasteiger partial charge on any atom is 0.222 e. The molecule has 0 atom stereocenters. The molecule has 2 aromatic heterocycles. The van der Waals surface area contributed by atoms with Crippen LogP contribution < -0.4 is 4.90 Å². The molecule has 1 aliphatic heterocycles. The van der Waals surface area contributed by atoms with Gasteiger partial charge in [0, 0.05) is 49.9 Å². The van der Waals surface area contributed by atoms with E-state index in [1.54, 1.807) is 0 Å². The summed E-state index contributed by atoms with van der Waals surface area (Å²) >= 11 is 0. The van der Waals surface area contributed by atoms with Crippen LogP contribution in [-0.2, 0) is 6.54 Å². The van der Waals surface area contributed by atoms with Gasteiger partial charge in [-0.3, -0.25) is 9.88 Å². The zero-order chi connectivity index (χ0) is 21.9. The fourth-order valence-corrected chi connectivity index (χ4v) is 4.68. The van der Waals surface area contributed by atoms with Gasteiger partial charge < -0.3 is 9.32 Å². The third-order valence-corrected chi connectivity index (χ3v) is 6.53. The van der Waals surface area contributed by atoms with Gasteiger partial charge >= 0.3 is 0 Å². The lowest BCUT2D eigenvalue weighted by molar-refractivity contribution is 0.282. The Hall–Kier alpha value is -2.92. The first-order valence-electron chi connectivity index (χ1n) is 11.8. The lowest BCUT2D eigenvalue weighted by Gasteiger charge is -2.25. The van der Waals surface area contributed by atoms with E-state index < -0.39 is 0 Å². The average Bonchev–Trinajstić information content (AvgIpc) is 3.17. The second-order valence-electron chi connectivity index (χ2n) is 9.19. The van der Waals surface area contributed by atoms with E-state index >= 15 is 0 Å². The molecule has 1 fully saturated rings. The summed E-state index contributed by atoms with van der Waals surface area (Å²) in [6.07, 6.45) is 13.3. The van der Waals surface area contributed by atoms with Gasteiger partial charge in [0.05, 0.1) is 16.9 Å². The maximum atomic E-state index is 5.79. The summed E-state index contributed by atoms with van der Waals surface area (Å²) in [5.74, 6) is 1.28. The minimum atomic E-state index is 0.498. The van der Waals surface area contributed by atoms with Crippen LogP contribution in [0.2, 0.25) is 0 Å². The van der Waals surface area contributed by atoms with E-state index in [0.717, 1.165) is 69.1 Å². The Kier molecular flexibility index (Phi) is 6.08. The van der Waals surface area contributed by atoms with Gasteiger partial charge in [-0.2, -0.15) is 0 Å². The number of anilines is 1. The molecule has 0 N–H and O–H groups in total. The number of fused-ring (bicyclic) bond motifs is 1. The minimum Gasteiger partial charge on any atom is -0.444 e. The van der Waals surface area contributed by atoms with Crippen molar-refractivity contribution in [3.05, 3.63) is 72.1 Å². The first-order chi connectivity index (χ1) is 15.7. The Morgan fingerprint density at radius 1 is 1.12 bits per heavy atom. The Balaban J connectivity index is 1.30. The highest BCUT2D eigenvalue weighted by Gasteiger charge is 2.20. The maximum absolute atomic E-state index is 5.79. The number of nitrogens with zero attached hydrogens (tertiary/aromatic N) is 4. The molecule has 2 aliphatic rings. The molecule has 0 radical (unpaired) electrons. The number of pyridine rings is 1. The molecule has 1 aromatic carbocycles. The lowest BCUT2D eigenvalue weighted by atomic mass is 9.99. The van der Waals surface area contributed by atoms with Crippen molar-refractivity contribution in [2.45, 2.75) is 45.6 Å². The highest BCUT2D eigenvalue weighted by Crippen LogP contribution is 2.31. The van der Waals surface area contributed by atoms with E-state index in [9.17, 15) is 0 Å². The van der Waals surface area contributed by atoms with Gasteiger partial charge in [0.1, 0.15) is 6.26 Å². The molecular formula is C27H32N4O. The second kappa shape index (κ2) is 9.29. The zero-order valence-corrected chi connectivity index (χ0v) is 19.1. The van der Waals surface area contributed by atoms with Gasteiger partial charge in [-0.15, -0.1) is 0 Å². The molecule has 5 heteroatoms. The zero-order valence-electron chi connectivity index (χ0n) is 19.1. The second-order valence-corrected chi connectivity index (χ2v) is 9.19. The molecule has 3 aromatic rings. The predicted octanol–water partition coefficient (Wildman–Crippen LogP) is 5.79. The number of oxazole rings is 1. The smallest absolute Gasteiger partial charge is 0.222 e. The minimum absolute atomic E-state index is 0.498. The number of rotatable bonds is 5. The van der Waals surface area contributed by atoms with Crippen LogP contribution >= 0.6 is 0 Å². The van der Waals surface area contributed by atoms with Crippen molar-refractivity contribution in [1.82, 2.24) is 14.9 Å². The van der Waals surface area contributed by atoms with Crippen molar-refractivity contribution in [2.75, 3.05) is 31.1 Å². The van der Waals surface area contributed by atoms with E-state index in [4.69, 9.17) is 14.4 Å². The van der Waals surface area contributed by atoms with Gasteiger partial charge in [0.15, 0.2) is 0 Å². The number of hydrogen-bond acceptors (Lipinski definition) is 5. The Bertz CT molecular complexity index is 1140. The number of hydrogen-bond donors (Lipinski definition) is 0. The van der Waals surface area contributed by atoms with Gasteiger partial charge in [-0.25, -0.2) is 4.98 Å². The van der Waals surface area contributed by atoms with Crippen molar-refractivity contribution in [3.63, 3.8) is 0 Å². The van der Waals surface area contributed by atoms with Crippen LogP contribution in [-0.4, -0.2) is 41.0 Å². The molecule has 3 heterocycles. The van der Waals surface area contributed by atoms with E-state index in [0.29, 0.717) is 5.92 Å². The summed E-state index contributed by atoms with van der Waals surface area (Å²) in [5.41, 5.74) is 5.99. The number of aromatic nitrogens is 2. The molecule has 166 valence electrons. The van der Waals surface area contributed by atoms with Crippen LogP contribution in [0, 0.1) is 0 Å². The van der Waals surface area contributed by atoms with Crippen molar-refractivity contribution >= 4 is 22.2 Å². The fraction of sp³-hybridized carbons (Fsp3) is 0.407. The van der Waals surface area contributed by atoms with Crippen LogP contribution in [0.25, 0.3) is 16.5 Å². The lowest BCUT2D eigenvalue weighted by Crippen LogP contribution is -2.30. The van der Waals surface area contributed by atoms with Crippen LogP contribution in [0.1, 0.15) is 56.2 Å². The van der Waals surface area contributed by atoms with Crippen molar-refractivity contribution in [3.8, 4) is 0 Å². The summed E-state index contributed by atoms with van der Waals surface area (Å²) in [6.45, 7) is 9.48. The predicted molar refractivity (Wildman–Crippen MR) is 131 cm³/mol. The number of benzene rings is 1. The molecule has 32 heavy (non-hydrogen) atoms. The molecule has 5 rings (SSSR count). The summed E-state index contributed by atoms with van der Waals surface area (Å²) in [7, 11) is 0. The normalized spacial score (nSPS) is 17.7. The first kappa shape index (κ1) is 21.0. The fourth-order valence-electron chi connectivity index (χ4n) is 4.68. The summed E-state index contributed by atoms with van der Waals surface area (Å²) in [5, 5.41) is 1.23. The monoisotopic (exact) mass is 428 g/mol. The van der Waals surface area contributed by atoms with E-state index in [1.165, 1.54) is 22.2 Å². The summed E-state index contributed by atoms with van der Waals surface area (Å²) < 4.78 is 5.79. The van der Waals surface area contributed by atoms with Crippen molar-refractivity contribution in [1.29, 1.82) is 0 Å². The molecule has 5 nitrogen and oxygen atoms in total. The van der Waals surface area contributed by atoms with Gasteiger partial charge in [0.2, 0.25) is 5.89 Å². The van der Waals surface area contributed by atoms with Crippen molar-refractivity contribution in [2.24, 2.45) is 0 Å². The topological polar surface area (TPSA) is 45.4 Å². The van der Waals surface area contributed by atoms with E-state index in [1.807, 2.05) is 18.5 Å². The molecule has 0 saturated carbocycles. The molecule has 1 aliphatic carbocycles. The third kappa shape index (κ3) is 4.49. The van der Waals surface area contributed by atoms with E-state index in [-0.39, 0.29) is 0 Å². The van der Waals surface area contributed by atoms with Crippen LogP contribution in [0.3, 0.4) is 0 Å². The molecule has 0 unspecified atom stereocenters. The van der Waals surface area contributed by atoms with Gasteiger partial charge in [0.25, 0.3) is 0 Å². The van der Waals surface area contributed by atoms with Gasteiger partial charge in [-0.1, -0.05) is 38.1 Å². The number of allylic oxidation sites excluding steroid dienone is 4. The highest BCUT2D eigenvalue weighted by molar-refractivity contribution is 5.91.